The smallest absolute Gasteiger partial charge is 0.143 e. The van der Waals surface area contributed by atoms with E-state index in [1.54, 1.807) is 13.3 Å². The van der Waals surface area contributed by atoms with E-state index in [0.717, 1.165) is 10.0 Å². The van der Waals surface area contributed by atoms with Gasteiger partial charge in [0, 0.05) is 13.3 Å². The Morgan fingerprint density at radius 3 is 3.00 bits per heavy atom. The van der Waals surface area contributed by atoms with Crippen LogP contribution in [0.3, 0.4) is 0 Å². The Hall–Kier alpha value is -0.120. The van der Waals surface area contributed by atoms with Gasteiger partial charge in [-0.05, 0) is 27.6 Å². The zero-order chi connectivity index (χ0) is 8.27. The number of pyridine rings is 1. The zero-order valence-electron chi connectivity index (χ0n) is 5.97. The number of aromatic nitrogens is 1. The molecule has 0 bridgehead atoms. The van der Waals surface area contributed by atoms with Gasteiger partial charge in [-0.3, -0.25) is 0 Å². The summed E-state index contributed by atoms with van der Waals surface area (Å²) in [6, 6.07) is 1.89. The molecule has 0 aliphatic rings. The number of hydrogen-bond acceptors (Lipinski definition) is 2. The molecule has 1 aromatic heterocycles. The fraction of sp³-hybridized carbons (Fsp3) is 0.286. The lowest BCUT2D eigenvalue weighted by Gasteiger charge is -1.99. The van der Waals surface area contributed by atoms with Gasteiger partial charge in [-0.1, -0.05) is 11.6 Å². The lowest BCUT2D eigenvalue weighted by Crippen LogP contribution is -1.89. The van der Waals surface area contributed by atoms with E-state index in [1.807, 2.05) is 6.07 Å². The van der Waals surface area contributed by atoms with Crippen LogP contribution in [-0.4, -0.2) is 12.1 Å². The quantitative estimate of drug-likeness (QED) is 0.737. The van der Waals surface area contributed by atoms with Gasteiger partial charge in [0.05, 0.1) is 11.1 Å². The Balaban J connectivity index is 2.86. The first-order valence-electron chi connectivity index (χ1n) is 3.03. The predicted molar refractivity (Wildman–Crippen MR) is 47.7 cm³/mol. The molecular formula is C7H7BrClNO. The van der Waals surface area contributed by atoms with Crippen LogP contribution in [0.5, 0.6) is 0 Å². The molecule has 0 saturated carbocycles. The monoisotopic (exact) mass is 235 g/mol. The average molecular weight is 236 g/mol. The second-order valence-electron chi connectivity index (χ2n) is 2.05. The molecule has 0 radical (unpaired) electrons. The van der Waals surface area contributed by atoms with Crippen LogP contribution in [0.4, 0.5) is 0 Å². The number of nitrogens with zero attached hydrogens (tertiary/aromatic N) is 1. The Labute approximate surface area is 78.7 Å². The molecule has 1 heterocycles. The molecule has 0 unspecified atom stereocenters. The highest BCUT2D eigenvalue weighted by atomic mass is 79.9. The summed E-state index contributed by atoms with van der Waals surface area (Å²) >= 11 is 8.95. The van der Waals surface area contributed by atoms with Crippen LogP contribution in [0.2, 0.25) is 5.15 Å². The summed E-state index contributed by atoms with van der Waals surface area (Å²) in [5.41, 5.74) is 1.00. The van der Waals surface area contributed by atoms with Crippen molar-refractivity contribution in [1.82, 2.24) is 4.98 Å². The Morgan fingerprint density at radius 2 is 2.45 bits per heavy atom. The van der Waals surface area contributed by atoms with Gasteiger partial charge in [0.1, 0.15) is 5.15 Å². The second kappa shape index (κ2) is 4.04. The zero-order valence-corrected chi connectivity index (χ0v) is 8.32. The van der Waals surface area contributed by atoms with Gasteiger partial charge in [-0.2, -0.15) is 0 Å². The Kier molecular flexibility index (Phi) is 3.30. The van der Waals surface area contributed by atoms with Crippen molar-refractivity contribution in [2.75, 3.05) is 7.11 Å². The fourth-order valence-corrected chi connectivity index (χ4v) is 1.21. The number of hydrogen-bond donors (Lipinski definition) is 0. The molecule has 1 aromatic rings. The van der Waals surface area contributed by atoms with Crippen molar-refractivity contribution in [2.24, 2.45) is 0 Å². The SMILES string of the molecule is COCc1cnc(Cl)c(Br)c1. The van der Waals surface area contributed by atoms with Crippen LogP contribution in [0.15, 0.2) is 16.7 Å². The summed E-state index contributed by atoms with van der Waals surface area (Å²) < 4.78 is 5.72. The molecular weight excluding hydrogens is 229 g/mol. The summed E-state index contributed by atoms with van der Waals surface area (Å²) in [5, 5.41) is 0.477. The summed E-state index contributed by atoms with van der Waals surface area (Å²) in [4.78, 5) is 3.94. The van der Waals surface area contributed by atoms with Crippen molar-refractivity contribution >= 4 is 27.5 Å². The molecule has 0 spiro atoms. The first-order chi connectivity index (χ1) is 5.24. The molecule has 1 rings (SSSR count). The van der Waals surface area contributed by atoms with E-state index in [2.05, 4.69) is 20.9 Å². The molecule has 0 amide bonds. The molecule has 60 valence electrons. The lowest BCUT2D eigenvalue weighted by atomic mass is 10.3. The van der Waals surface area contributed by atoms with Gasteiger partial charge in [0.15, 0.2) is 0 Å². The molecule has 0 aromatic carbocycles. The average Bonchev–Trinajstić information content (AvgIpc) is 1.98. The summed E-state index contributed by atoms with van der Waals surface area (Å²) in [6.07, 6.45) is 1.69. The molecule has 0 aliphatic heterocycles. The van der Waals surface area contributed by atoms with E-state index in [1.165, 1.54) is 0 Å². The minimum atomic E-state index is 0.477. The summed E-state index contributed by atoms with van der Waals surface area (Å²) in [5.74, 6) is 0. The predicted octanol–water partition coefficient (Wildman–Crippen LogP) is 2.64. The number of methoxy groups -OCH3 is 1. The topological polar surface area (TPSA) is 22.1 Å². The Bertz CT molecular complexity index is 254. The third-order valence-electron chi connectivity index (χ3n) is 1.16. The second-order valence-corrected chi connectivity index (χ2v) is 3.26. The molecule has 0 aliphatic carbocycles. The summed E-state index contributed by atoms with van der Waals surface area (Å²) in [6.45, 7) is 0.558. The van der Waals surface area contributed by atoms with Crippen LogP contribution < -0.4 is 0 Å². The van der Waals surface area contributed by atoms with E-state index in [4.69, 9.17) is 16.3 Å². The maximum Gasteiger partial charge on any atom is 0.143 e. The normalized spacial score (nSPS) is 10.1. The van der Waals surface area contributed by atoms with Gasteiger partial charge in [0.25, 0.3) is 0 Å². The van der Waals surface area contributed by atoms with Crippen LogP contribution in [0.1, 0.15) is 5.56 Å². The van der Waals surface area contributed by atoms with E-state index >= 15 is 0 Å². The van der Waals surface area contributed by atoms with E-state index in [0.29, 0.717) is 11.8 Å². The van der Waals surface area contributed by atoms with Crippen LogP contribution in [0, 0.1) is 0 Å². The van der Waals surface area contributed by atoms with Crippen molar-refractivity contribution in [1.29, 1.82) is 0 Å². The molecule has 4 heteroatoms. The van der Waals surface area contributed by atoms with Gasteiger partial charge in [0.2, 0.25) is 0 Å². The maximum absolute atomic E-state index is 5.68. The van der Waals surface area contributed by atoms with Gasteiger partial charge < -0.3 is 4.74 Å². The highest BCUT2D eigenvalue weighted by Gasteiger charge is 1.98. The van der Waals surface area contributed by atoms with Crippen molar-refractivity contribution in [3.63, 3.8) is 0 Å². The van der Waals surface area contributed by atoms with E-state index in [9.17, 15) is 0 Å². The van der Waals surface area contributed by atoms with Crippen molar-refractivity contribution < 1.29 is 4.74 Å². The molecule has 0 atom stereocenters. The standard InChI is InChI=1S/C7H7BrClNO/c1-11-4-5-2-6(8)7(9)10-3-5/h2-3H,4H2,1H3. The van der Waals surface area contributed by atoms with E-state index < -0.39 is 0 Å². The molecule has 0 N–H and O–H groups in total. The third-order valence-corrected chi connectivity index (χ3v) is 2.30. The van der Waals surface area contributed by atoms with Gasteiger partial charge in [-0.15, -0.1) is 0 Å². The molecule has 2 nitrogen and oxygen atoms in total. The van der Waals surface area contributed by atoms with Gasteiger partial charge >= 0.3 is 0 Å². The van der Waals surface area contributed by atoms with E-state index in [-0.39, 0.29) is 0 Å². The number of ether oxygens (including phenoxy) is 1. The first kappa shape index (κ1) is 8.97. The summed E-state index contributed by atoms with van der Waals surface area (Å²) in [7, 11) is 1.64. The highest BCUT2D eigenvalue weighted by molar-refractivity contribution is 9.10. The lowest BCUT2D eigenvalue weighted by molar-refractivity contribution is 0.184. The largest absolute Gasteiger partial charge is 0.380 e. The molecule has 11 heavy (non-hydrogen) atoms. The first-order valence-corrected chi connectivity index (χ1v) is 4.20. The molecule has 0 fully saturated rings. The number of halogens is 2. The van der Waals surface area contributed by atoms with Crippen LogP contribution in [-0.2, 0) is 11.3 Å². The van der Waals surface area contributed by atoms with Crippen LogP contribution in [0.25, 0.3) is 0 Å². The molecule has 0 saturated heterocycles. The fourth-order valence-electron chi connectivity index (χ4n) is 0.706. The van der Waals surface area contributed by atoms with Crippen molar-refractivity contribution in [3.8, 4) is 0 Å². The highest BCUT2D eigenvalue weighted by Crippen LogP contribution is 2.20. The third kappa shape index (κ3) is 2.43. The maximum atomic E-state index is 5.68. The number of rotatable bonds is 2. The minimum Gasteiger partial charge on any atom is -0.380 e. The van der Waals surface area contributed by atoms with Gasteiger partial charge in [-0.25, -0.2) is 4.98 Å². The van der Waals surface area contributed by atoms with Crippen LogP contribution >= 0.6 is 27.5 Å². The Morgan fingerprint density at radius 1 is 1.73 bits per heavy atom. The minimum absolute atomic E-state index is 0.477. The van der Waals surface area contributed by atoms with Crippen molar-refractivity contribution in [2.45, 2.75) is 6.61 Å². The van der Waals surface area contributed by atoms with Crippen molar-refractivity contribution in [3.05, 3.63) is 27.5 Å².